The zero-order valence-corrected chi connectivity index (χ0v) is 19.0. The molecule has 1 N–H and O–H groups in total. The summed E-state index contributed by atoms with van der Waals surface area (Å²) in [6.45, 7) is 4.89. The van der Waals surface area contributed by atoms with Gasteiger partial charge in [0.1, 0.15) is 0 Å². The van der Waals surface area contributed by atoms with Crippen LogP contribution < -0.4 is 10.2 Å². The molecule has 5 nitrogen and oxygen atoms in total. The van der Waals surface area contributed by atoms with Crippen molar-refractivity contribution in [3.05, 3.63) is 101 Å². The van der Waals surface area contributed by atoms with E-state index in [9.17, 15) is 9.59 Å². The number of morpholine rings is 1. The van der Waals surface area contributed by atoms with E-state index in [1.165, 1.54) is 0 Å². The van der Waals surface area contributed by atoms with Crippen LogP contribution >= 0.6 is 0 Å². The van der Waals surface area contributed by atoms with E-state index in [2.05, 4.69) is 16.3 Å². The Kier molecular flexibility index (Phi) is 7.53. The van der Waals surface area contributed by atoms with Crippen LogP contribution in [0, 0.1) is 6.92 Å². The molecule has 5 heteroatoms. The van der Waals surface area contributed by atoms with Gasteiger partial charge in [-0.1, -0.05) is 66.7 Å². The molecule has 1 unspecified atom stereocenters. The molecular formula is C28H30N2O3. The molecule has 170 valence electrons. The lowest BCUT2D eigenvalue weighted by molar-refractivity contribution is -0.120. The molecule has 0 saturated carbocycles. The van der Waals surface area contributed by atoms with Gasteiger partial charge < -0.3 is 15.0 Å². The second-order valence-corrected chi connectivity index (χ2v) is 8.40. The summed E-state index contributed by atoms with van der Waals surface area (Å²) in [6, 6.07) is 24.7. The van der Waals surface area contributed by atoms with Crippen LogP contribution in [0.2, 0.25) is 0 Å². The van der Waals surface area contributed by atoms with Gasteiger partial charge in [0.15, 0.2) is 5.78 Å². The SMILES string of the molecule is Cc1ccccc1C(=O)NC(Cc1ccccc1)C(=O)Cc1ccccc1N1CCOCC1. The number of ketones is 1. The number of hydrogen-bond donors (Lipinski definition) is 1. The van der Waals surface area contributed by atoms with E-state index in [1.807, 2.05) is 73.7 Å². The van der Waals surface area contributed by atoms with Crippen molar-refractivity contribution in [1.82, 2.24) is 5.32 Å². The molecule has 1 saturated heterocycles. The predicted molar refractivity (Wildman–Crippen MR) is 131 cm³/mol. The van der Waals surface area contributed by atoms with Gasteiger partial charge in [-0.05, 0) is 42.2 Å². The first-order valence-corrected chi connectivity index (χ1v) is 11.5. The van der Waals surface area contributed by atoms with Crippen LogP contribution in [0.15, 0.2) is 78.9 Å². The summed E-state index contributed by atoms with van der Waals surface area (Å²) >= 11 is 0. The van der Waals surface area contributed by atoms with Crippen molar-refractivity contribution >= 4 is 17.4 Å². The molecule has 3 aromatic rings. The zero-order chi connectivity index (χ0) is 23.0. The Morgan fingerprint density at radius 3 is 2.33 bits per heavy atom. The highest BCUT2D eigenvalue weighted by Crippen LogP contribution is 2.23. The maximum atomic E-state index is 13.5. The summed E-state index contributed by atoms with van der Waals surface area (Å²) in [5.74, 6) is -0.217. The van der Waals surface area contributed by atoms with Gasteiger partial charge in [-0.2, -0.15) is 0 Å². The fourth-order valence-electron chi connectivity index (χ4n) is 4.24. The van der Waals surface area contributed by atoms with E-state index < -0.39 is 6.04 Å². The normalized spacial score (nSPS) is 14.5. The first kappa shape index (κ1) is 22.7. The largest absolute Gasteiger partial charge is 0.378 e. The van der Waals surface area contributed by atoms with E-state index in [1.54, 1.807) is 6.07 Å². The van der Waals surface area contributed by atoms with Gasteiger partial charge in [0.2, 0.25) is 0 Å². The monoisotopic (exact) mass is 442 g/mol. The van der Waals surface area contributed by atoms with Crippen LogP contribution in [0.1, 0.15) is 27.0 Å². The minimum absolute atomic E-state index is 0.00139. The maximum absolute atomic E-state index is 13.5. The van der Waals surface area contributed by atoms with Crippen LogP contribution in [0.5, 0.6) is 0 Å². The molecule has 1 aliphatic heterocycles. The molecule has 1 amide bonds. The van der Waals surface area contributed by atoms with Crippen LogP contribution in [0.25, 0.3) is 0 Å². The van der Waals surface area contributed by atoms with E-state index >= 15 is 0 Å². The average Bonchev–Trinajstić information content (AvgIpc) is 2.85. The minimum Gasteiger partial charge on any atom is -0.378 e. The van der Waals surface area contributed by atoms with E-state index in [-0.39, 0.29) is 18.1 Å². The van der Waals surface area contributed by atoms with Crippen molar-refractivity contribution in [3.8, 4) is 0 Å². The van der Waals surface area contributed by atoms with Gasteiger partial charge in [0, 0.05) is 30.8 Å². The molecule has 3 aromatic carbocycles. The number of carbonyl (C=O) groups excluding carboxylic acids is 2. The van der Waals surface area contributed by atoms with E-state index in [0.29, 0.717) is 25.2 Å². The van der Waals surface area contributed by atoms with Gasteiger partial charge in [0.25, 0.3) is 5.91 Å². The van der Waals surface area contributed by atoms with Crippen molar-refractivity contribution in [2.24, 2.45) is 0 Å². The highest BCUT2D eigenvalue weighted by molar-refractivity contribution is 5.99. The minimum atomic E-state index is -0.614. The van der Waals surface area contributed by atoms with Crippen LogP contribution in [0.4, 0.5) is 5.69 Å². The molecule has 0 radical (unpaired) electrons. The summed E-state index contributed by atoms with van der Waals surface area (Å²) < 4.78 is 5.49. The number of hydrogen-bond acceptors (Lipinski definition) is 4. The summed E-state index contributed by atoms with van der Waals surface area (Å²) in [5.41, 5.74) is 4.54. The quantitative estimate of drug-likeness (QED) is 0.573. The fraction of sp³-hybridized carbons (Fsp3) is 0.286. The Labute approximate surface area is 195 Å². The number of ether oxygens (including phenoxy) is 1. The Morgan fingerprint density at radius 1 is 0.909 bits per heavy atom. The Bertz CT molecular complexity index is 1090. The molecule has 1 aliphatic rings. The summed E-state index contributed by atoms with van der Waals surface area (Å²) in [7, 11) is 0. The molecule has 1 fully saturated rings. The first-order chi connectivity index (χ1) is 16.1. The molecule has 33 heavy (non-hydrogen) atoms. The van der Waals surface area contributed by atoms with Gasteiger partial charge in [-0.25, -0.2) is 0 Å². The number of aryl methyl sites for hydroxylation is 1. The number of nitrogens with one attached hydrogen (secondary N) is 1. The lowest BCUT2D eigenvalue weighted by Crippen LogP contribution is -2.43. The molecule has 0 aromatic heterocycles. The Hall–Kier alpha value is -3.44. The van der Waals surface area contributed by atoms with Gasteiger partial charge in [-0.3, -0.25) is 9.59 Å². The number of rotatable bonds is 8. The standard InChI is InChI=1S/C28H30N2O3/c1-21-9-5-7-13-24(21)28(32)29-25(19-22-10-3-2-4-11-22)27(31)20-23-12-6-8-14-26(23)30-15-17-33-18-16-30/h2-14,25H,15-20H2,1H3,(H,29,32). The van der Waals surface area contributed by atoms with E-state index in [0.717, 1.165) is 35.5 Å². The molecule has 4 rings (SSSR count). The third-order valence-electron chi connectivity index (χ3n) is 6.07. The number of carbonyl (C=O) groups is 2. The molecule has 0 bridgehead atoms. The smallest absolute Gasteiger partial charge is 0.252 e. The van der Waals surface area contributed by atoms with Gasteiger partial charge in [0.05, 0.1) is 19.3 Å². The number of Topliss-reactive ketones (excluding diaryl/α,β-unsaturated/α-hetero) is 1. The fourth-order valence-corrected chi connectivity index (χ4v) is 4.24. The van der Waals surface area contributed by atoms with Crippen LogP contribution in [-0.4, -0.2) is 44.0 Å². The number of anilines is 1. The van der Waals surface area contributed by atoms with Crippen molar-refractivity contribution in [3.63, 3.8) is 0 Å². The Morgan fingerprint density at radius 2 is 1.58 bits per heavy atom. The molecule has 1 heterocycles. The lowest BCUT2D eigenvalue weighted by Gasteiger charge is -2.30. The van der Waals surface area contributed by atoms with Crippen molar-refractivity contribution in [2.75, 3.05) is 31.2 Å². The third-order valence-corrected chi connectivity index (χ3v) is 6.07. The summed E-state index contributed by atoms with van der Waals surface area (Å²) in [6.07, 6.45) is 0.718. The number of amides is 1. The van der Waals surface area contributed by atoms with Gasteiger partial charge in [-0.15, -0.1) is 0 Å². The average molecular weight is 443 g/mol. The van der Waals surface area contributed by atoms with Crippen LogP contribution in [0.3, 0.4) is 0 Å². The maximum Gasteiger partial charge on any atom is 0.252 e. The second kappa shape index (κ2) is 10.9. The Balaban J connectivity index is 1.56. The molecular weight excluding hydrogens is 412 g/mol. The summed E-state index contributed by atoms with van der Waals surface area (Å²) in [5, 5.41) is 3.02. The number of nitrogens with zero attached hydrogens (tertiary/aromatic N) is 1. The second-order valence-electron chi connectivity index (χ2n) is 8.40. The highest BCUT2D eigenvalue weighted by atomic mass is 16.5. The first-order valence-electron chi connectivity index (χ1n) is 11.5. The highest BCUT2D eigenvalue weighted by Gasteiger charge is 2.24. The lowest BCUT2D eigenvalue weighted by atomic mass is 9.96. The van der Waals surface area contributed by atoms with Crippen molar-refractivity contribution in [2.45, 2.75) is 25.8 Å². The molecule has 0 spiro atoms. The molecule has 0 aliphatic carbocycles. The summed E-state index contributed by atoms with van der Waals surface area (Å²) in [4.78, 5) is 28.9. The topological polar surface area (TPSA) is 58.6 Å². The van der Waals surface area contributed by atoms with Crippen molar-refractivity contribution < 1.29 is 14.3 Å². The predicted octanol–water partition coefficient (Wildman–Crippen LogP) is 3.98. The van der Waals surface area contributed by atoms with Crippen LogP contribution in [-0.2, 0) is 22.4 Å². The van der Waals surface area contributed by atoms with Crippen molar-refractivity contribution in [1.29, 1.82) is 0 Å². The number of benzene rings is 3. The van der Waals surface area contributed by atoms with E-state index in [4.69, 9.17) is 4.74 Å². The third kappa shape index (κ3) is 5.88. The molecule has 1 atom stereocenters. The number of para-hydroxylation sites is 1. The zero-order valence-electron chi connectivity index (χ0n) is 19.0. The van der Waals surface area contributed by atoms with Gasteiger partial charge >= 0.3 is 0 Å².